The second kappa shape index (κ2) is 6.91. The molecule has 0 spiro atoms. The maximum Gasteiger partial charge on any atom is 0.252 e. The summed E-state index contributed by atoms with van der Waals surface area (Å²) in [5, 5.41) is 4.69. The molecule has 0 unspecified atom stereocenters. The predicted octanol–water partition coefficient (Wildman–Crippen LogP) is 2.39. The van der Waals surface area contributed by atoms with Crippen molar-refractivity contribution in [2.75, 3.05) is 23.7 Å². The van der Waals surface area contributed by atoms with Crippen LogP contribution in [0.4, 0.5) is 11.5 Å². The molecular weight excluding hydrogens is 418 g/mol. The van der Waals surface area contributed by atoms with Crippen molar-refractivity contribution in [2.24, 2.45) is 5.92 Å². The second-order valence-electron chi connectivity index (χ2n) is 8.49. The largest absolute Gasteiger partial charge is 0.382 e. The number of nitrogens with two attached hydrogens (primary N) is 1. The summed E-state index contributed by atoms with van der Waals surface area (Å²) in [6.07, 6.45) is 6.52. The second-order valence-corrected chi connectivity index (χ2v) is 8.90. The van der Waals surface area contributed by atoms with Crippen LogP contribution in [0.3, 0.4) is 0 Å². The van der Waals surface area contributed by atoms with Gasteiger partial charge >= 0.3 is 0 Å². The topological polar surface area (TPSA) is 110 Å². The summed E-state index contributed by atoms with van der Waals surface area (Å²) in [4.78, 5) is 37.8. The third-order valence-corrected chi connectivity index (χ3v) is 6.34. The number of amides is 2. The van der Waals surface area contributed by atoms with Gasteiger partial charge in [0.15, 0.2) is 5.82 Å². The van der Waals surface area contributed by atoms with Crippen LogP contribution in [0, 0.1) is 5.92 Å². The van der Waals surface area contributed by atoms with E-state index in [2.05, 4.69) is 15.1 Å². The van der Waals surface area contributed by atoms with Gasteiger partial charge in [-0.15, -0.1) is 0 Å². The summed E-state index contributed by atoms with van der Waals surface area (Å²) in [6, 6.07) is 3.62. The summed E-state index contributed by atoms with van der Waals surface area (Å²) >= 11 is 6.36. The number of nitrogen functional groups attached to an aromatic ring is 1. The van der Waals surface area contributed by atoms with Crippen LogP contribution in [0.5, 0.6) is 0 Å². The van der Waals surface area contributed by atoms with Crippen LogP contribution in [-0.2, 0) is 9.59 Å². The van der Waals surface area contributed by atoms with Gasteiger partial charge in [0.25, 0.3) is 5.91 Å². The molecule has 10 heteroatoms. The van der Waals surface area contributed by atoms with Crippen LogP contribution < -0.4 is 10.6 Å². The van der Waals surface area contributed by atoms with Gasteiger partial charge in [0.2, 0.25) is 5.91 Å². The number of hydrogen-bond acceptors (Lipinski definition) is 6. The molecule has 2 aliphatic rings. The molecule has 9 nitrogen and oxygen atoms in total. The third kappa shape index (κ3) is 3.11. The fourth-order valence-electron chi connectivity index (χ4n) is 4.15. The van der Waals surface area contributed by atoms with E-state index in [1.165, 1.54) is 6.33 Å². The number of piperazine rings is 1. The molecule has 0 radical (unpaired) electrons. The Morgan fingerprint density at radius 2 is 2.00 bits per heavy atom. The number of aromatic nitrogens is 4. The van der Waals surface area contributed by atoms with E-state index in [0.717, 1.165) is 18.4 Å². The van der Waals surface area contributed by atoms with Crippen molar-refractivity contribution in [2.45, 2.75) is 32.2 Å². The molecule has 0 atom stereocenters. The zero-order valence-electron chi connectivity index (χ0n) is 17.2. The van der Waals surface area contributed by atoms with E-state index in [1.54, 1.807) is 46.6 Å². The fourth-order valence-corrected chi connectivity index (χ4v) is 4.43. The van der Waals surface area contributed by atoms with Crippen LogP contribution in [0.1, 0.15) is 26.7 Å². The Morgan fingerprint density at radius 3 is 2.74 bits per heavy atom. The number of carbonyl (C=O) groups excluding carboxylic acids is 2. The molecule has 5 rings (SSSR count). The Morgan fingerprint density at radius 1 is 1.23 bits per heavy atom. The molecule has 160 valence electrons. The van der Waals surface area contributed by atoms with Crippen molar-refractivity contribution in [3.05, 3.63) is 35.9 Å². The minimum Gasteiger partial charge on any atom is -0.382 e. The Bertz CT molecular complexity index is 1220. The molecule has 2 fully saturated rings. The number of pyridine rings is 1. The first-order valence-corrected chi connectivity index (χ1v) is 10.5. The van der Waals surface area contributed by atoms with Gasteiger partial charge in [0.1, 0.15) is 17.4 Å². The van der Waals surface area contributed by atoms with Gasteiger partial charge in [-0.05, 0) is 38.8 Å². The first-order valence-electron chi connectivity index (χ1n) is 10.2. The van der Waals surface area contributed by atoms with Gasteiger partial charge in [-0.3, -0.25) is 14.6 Å². The van der Waals surface area contributed by atoms with Crippen molar-refractivity contribution in [3.63, 3.8) is 0 Å². The maximum absolute atomic E-state index is 13.4. The van der Waals surface area contributed by atoms with E-state index in [0.29, 0.717) is 35.0 Å². The average molecular weight is 440 g/mol. The number of carbonyl (C=O) groups is 2. The lowest BCUT2D eigenvalue weighted by Crippen LogP contribution is -2.65. The van der Waals surface area contributed by atoms with Crippen molar-refractivity contribution >= 4 is 40.4 Å². The van der Waals surface area contributed by atoms with E-state index >= 15 is 0 Å². The summed E-state index contributed by atoms with van der Waals surface area (Å²) in [7, 11) is 0. The van der Waals surface area contributed by atoms with Crippen LogP contribution in [-0.4, -0.2) is 54.9 Å². The van der Waals surface area contributed by atoms with Crippen LogP contribution in [0.2, 0.25) is 5.02 Å². The molecule has 1 saturated heterocycles. The lowest BCUT2D eigenvalue weighted by Gasteiger charge is -2.46. The number of rotatable bonds is 3. The molecule has 1 aliphatic carbocycles. The highest BCUT2D eigenvalue weighted by Gasteiger charge is 2.47. The first-order chi connectivity index (χ1) is 14.8. The molecule has 0 bridgehead atoms. The summed E-state index contributed by atoms with van der Waals surface area (Å²) < 4.78 is 1.61. The van der Waals surface area contributed by atoms with Crippen molar-refractivity contribution in [1.82, 2.24) is 24.5 Å². The number of fused-ring (bicyclic) bond motifs is 1. The molecular formula is C21H22ClN7O2. The van der Waals surface area contributed by atoms with E-state index < -0.39 is 5.54 Å². The fraction of sp³-hybridized carbons (Fsp3) is 0.381. The van der Waals surface area contributed by atoms with Gasteiger partial charge in [0.05, 0.1) is 22.6 Å². The van der Waals surface area contributed by atoms with E-state index in [4.69, 9.17) is 17.3 Å². The normalized spacial score (nSPS) is 18.6. The molecule has 2 amide bonds. The van der Waals surface area contributed by atoms with Gasteiger partial charge in [0, 0.05) is 30.8 Å². The van der Waals surface area contributed by atoms with Gasteiger partial charge < -0.3 is 15.5 Å². The summed E-state index contributed by atoms with van der Waals surface area (Å²) in [5.74, 6) is 0.307. The minimum atomic E-state index is -0.916. The summed E-state index contributed by atoms with van der Waals surface area (Å²) in [6.45, 7) is 4.51. The van der Waals surface area contributed by atoms with Crippen molar-refractivity contribution in [1.29, 1.82) is 0 Å². The Labute approximate surface area is 183 Å². The van der Waals surface area contributed by atoms with E-state index in [-0.39, 0.29) is 23.6 Å². The van der Waals surface area contributed by atoms with Crippen LogP contribution in [0.15, 0.2) is 30.9 Å². The number of halogens is 1. The lowest BCUT2D eigenvalue weighted by atomic mass is 9.96. The standard InChI is InChI=1S/C21H22ClN7O2/c1-21(2)20(31)27(5-6-28(21)19(30)12-3-4-12)14-7-13(9-24-10-14)16-8-15(22)17-18(23)25-11-26-29(16)17/h7-12H,3-6H2,1-2H3,(H2,23,25,26). The number of hydrogen-bond donors (Lipinski definition) is 1. The predicted molar refractivity (Wildman–Crippen MR) is 117 cm³/mol. The van der Waals surface area contributed by atoms with Crippen molar-refractivity contribution < 1.29 is 9.59 Å². The Balaban J connectivity index is 1.50. The van der Waals surface area contributed by atoms with Gasteiger partial charge in [-0.2, -0.15) is 5.10 Å². The molecule has 0 aromatic carbocycles. The molecule has 2 N–H and O–H groups in total. The lowest BCUT2D eigenvalue weighted by molar-refractivity contribution is -0.148. The monoisotopic (exact) mass is 439 g/mol. The first kappa shape index (κ1) is 19.7. The molecule has 31 heavy (non-hydrogen) atoms. The highest BCUT2D eigenvalue weighted by Crippen LogP contribution is 2.37. The smallest absolute Gasteiger partial charge is 0.252 e. The van der Waals surface area contributed by atoms with Gasteiger partial charge in [-0.1, -0.05) is 11.6 Å². The Kier molecular flexibility index (Phi) is 4.40. The number of nitrogens with zero attached hydrogens (tertiary/aromatic N) is 6. The van der Waals surface area contributed by atoms with Crippen LogP contribution >= 0.6 is 11.6 Å². The van der Waals surface area contributed by atoms with Gasteiger partial charge in [-0.25, -0.2) is 9.50 Å². The maximum atomic E-state index is 13.4. The Hall–Kier alpha value is -3.20. The van der Waals surface area contributed by atoms with E-state index in [9.17, 15) is 9.59 Å². The zero-order chi connectivity index (χ0) is 21.9. The average Bonchev–Trinajstić information content (AvgIpc) is 3.53. The minimum absolute atomic E-state index is 0.0745. The highest BCUT2D eigenvalue weighted by molar-refractivity contribution is 6.35. The third-order valence-electron chi connectivity index (χ3n) is 6.05. The SMILES string of the molecule is CC1(C)C(=O)N(c2cncc(-c3cc(Cl)c4c(N)ncnn34)c2)CCN1C(=O)C1CC1. The quantitative estimate of drug-likeness (QED) is 0.671. The molecule has 3 aromatic heterocycles. The van der Waals surface area contributed by atoms with E-state index in [1.807, 2.05) is 6.07 Å². The molecule has 4 heterocycles. The molecule has 3 aromatic rings. The molecule has 1 aliphatic heterocycles. The molecule has 1 saturated carbocycles. The number of anilines is 2. The highest BCUT2D eigenvalue weighted by atomic mass is 35.5. The van der Waals surface area contributed by atoms with Crippen LogP contribution in [0.25, 0.3) is 16.8 Å². The zero-order valence-corrected chi connectivity index (χ0v) is 18.0. The summed E-state index contributed by atoms with van der Waals surface area (Å²) in [5.41, 5.74) is 7.64. The van der Waals surface area contributed by atoms with Crippen molar-refractivity contribution in [3.8, 4) is 11.3 Å².